The molecular formula is C51H48IrN4OSi-2. The summed E-state index contributed by atoms with van der Waals surface area (Å²) in [4.78, 5) is 14.1. The number of hydrogen-bond acceptors (Lipinski definition) is 4. The third-order valence-corrected chi connectivity index (χ3v) is 12.4. The molecule has 0 saturated carbocycles. The number of para-hydroxylation sites is 2. The Kier molecular flexibility index (Phi) is 10.7. The smallest absolute Gasteiger partial charge is 0.216 e. The molecule has 0 saturated heterocycles. The van der Waals surface area contributed by atoms with Crippen LogP contribution in [-0.2, 0) is 20.1 Å². The van der Waals surface area contributed by atoms with E-state index in [0.717, 1.165) is 49.5 Å². The molecule has 9 aromatic rings. The summed E-state index contributed by atoms with van der Waals surface area (Å²) >= 11 is 0. The maximum Gasteiger partial charge on any atom is 0.216 e. The van der Waals surface area contributed by atoms with Crippen LogP contribution in [0.5, 0.6) is 0 Å². The molecule has 0 bridgehead atoms. The summed E-state index contributed by atoms with van der Waals surface area (Å²) < 4.78 is 31.9. The Labute approximate surface area is 360 Å². The van der Waals surface area contributed by atoms with Crippen molar-refractivity contribution in [3.05, 3.63) is 163 Å². The van der Waals surface area contributed by atoms with Crippen molar-refractivity contribution in [2.75, 3.05) is 0 Å². The second-order valence-corrected chi connectivity index (χ2v) is 21.1. The van der Waals surface area contributed by atoms with E-state index in [1.165, 1.54) is 27.9 Å². The predicted molar refractivity (Wildman–Crippen MR) is 240 cm³/mol. The number of benzene rings is 5. The van der Waals surface area contributed by atoms with Crippen molar-refractivity contribution in [1.29, 1.82) is 0 Å². The molecule has 4 aromatic heterocycles. The van der Waals surface area contributed by atoms with Crippen LogP contribution >= 0.6 is 0 Å². The van der Waals surface area contributed by atoms with E-state index in [1.54, 1.807) is 12.3 Å². The second-order valence-electron chi connectivity index (χ2n) is 16.1. The topological polar surface area (TPSA) is 56.7 Å². The summed E-state index contributed by atoms with van der Waals surface area (Å²) in [7, 11) is -1.74. The number of aryl methyl sites for hydroxylation is 1. The Balaban J connectivity index is 0.000000226. The molecule has 9 rings (SSSR count). The van der Waals surface area contributed by atoms with Gasteiger partial charge in [-0.15, -0.1) is 54.1 Å². The number of hydrogen-bond donors (Lipinski definition) is 0. The third kappa shape index (κ3) is 7.87. The van der Waals surface area contributed by atoms with Gasteiger partial charge in [0.25, 0.3) is 0 Å². The Hall–Kier alpha value is -5.46. The quantitative estimate of drug-likeness (QED) is 0.118. The Morgan fingerprint density at radius 2 is 1.43 bits per heavy atom. The normalized spacial score (nSPS) is 12.6. The Morgan fingerprint density at radius 1 is 0.707 bits per heavy atom. The third-order valence-electron chi connectivity index (χ3n) is 10.4. The maximum absolute atomic E-state index is 7.74. The number of aromatic nitrogens is 4. The number of nitrogens with zero attached hydrogens (tertiary/aromatic N) is 4. The predicted octanol–water partition coefficient (Wildman–Crippen LogP) is 13.1. The minimum absolute atomic E-state index is 0. The molecule has 0 N–H and O–H groups in total. The summed E-state index contributed by atoms with van der Waals surface area (Å²) in [5, 5.41) is 2.91. The van der Waals surface area contributed by atoms with Gasteiger partial charge in [-0.05, 0) is 88.2 Å². The van der Waals surface area contributed by atoms with Crippen molar-refractivity contribution < 1.29 is 28.6 Å². The molecule has 0 atom stereocenters. The molecular weight excluding hydrogens is 905 g/mol. The molecule has 0 fully saturated rings. The van der Waals surface area contributed by atoms with Crippen LogP contribution in [0, 0.1) is 19.0 Å². The molecule has 0 spiro atoms. The molecule has 0 aliphatic carbocycles. The summed E-state index contributed by atoms with van der Waals surface area (Å²) in [5.74, 6) is 1.41. The fourth-order valence-electron chi connectivity index (χ4n) is 7.55. The standard InChI is InChI=1S/C36H30N3O.C15H18NSi.Ir/c1-22(2)29-20-25(24-12-6-5-7-13-24)21-30(23(3)4)33(29)39-32-18-9-8-17-31(32)38-35(39)28-15-10-14-26-27-16-11-19-37-36(27)40-34(26)28;1-12-15(17(2,3)4)11-10-14(16-12)13-8-6-5-7-9-13;/h5-14,16-23H,1-4H3;5-8,10-11H,1-4H3;/q2*-1;/i;1D3;. The molecule has 1 radical (unpaired) electrons. The minimum Gasteiger partial charge on any atom is -0.486 e. The van der Waals surface area contributed by atoms with Gasteiger partial charge in [-0.3, -0.25) is 4.98 Å². The molecule has 0 aliphatic heterocycles. The van der Waals surface area contributed by atoms with E-state index in [4.69, 9.17) is 13.5 Å². The number of pyridine rings is 2. The van der Waals surface area contributed by atoms with Crippen LogP contribution in [0.3, 0.4) is 0 Å². The zero-order valence-corrected chi connectivity index (χ0v) is 37.3. The zero-order valence-electron chi connectivity index (χ0n) is 36.9. The van der Waals surface area contributed by atoms with E-state index in [9.17, 15) is 0 Å². The molecule has 5 aromatic carbocycles. The van der Waals surface area contributed by atoms with E-state index in [2.05, 4.69) is 141 Å². The van der Waals surface area contributed by atoms with Crippen LogP contribution in [0.1, 0.15) is 60.5 Å². The number of imidazole rings is 1. The van der Waals surface area contributed by atoms with E-state index in [1.807, 2.05) is 54.6 Å². The van der Waals surface area contributed by atoms with Crippen molar-refractivity contribution in [2.45, 2.75) is 66.0 Å². The first kappa shape index (κ1) is 36.8. The van der Waals surface area contributed by atoms with E-state index in [0.29, 0.717) is 23.2 Å². The number of rotatable bonds is 7. The van der Waals surface area contributed by atoms with Crippen molar-refractivity contribution in [3.8, 4) is 39.5 Å². The van der Waals surface area contributed by atoms with Crippen LogP contribution in [0.4, 0.5) is 0 Å². The van der Waals surface area contributed by atoms with Crippen LogP contribution in [0.15, 0.2) is 138 Å². The van der Waals surface area contributed by atoms with Crippen molar-refractivity contribution >= 4 is 46.4 Å². The minimum atomic E-state index is -2.18. The number of fused-ring (bicyclic) bond motifs is 4. The summed E-state index contributed by atoms with van der Waals surface area (Å²) in [5.41, 5.74) is 12.2. The molecule has 0 amide bonds. The van der Waals surface area contributed by atoms with E-state index in [-0.39, 0.29) is 25.8 Å². The average molecular weight is 956 g/mol. The van der Waals surface area contributed by atoms with E-state index >= 15 is 0 Å². The molecule has 5 nitrogen and oxygen atoms in total. The number of furan rings is 1. The van der Waals surface area contributed by atoms with E-state index < -0.39 is 14.9 Å². The van der Waals surface area contributed by atoms with Crippen molar-refractivity contribution in [3.63, 3.8) is 0 Å². The maximum atomic E-state index is 7.74. The van der Waals surface area contributed by atoms with Crippen molar-refractivity contribution in [2.24, 2.45) is 0 Å². The fourth-order valence-corrected chi connectivity index (χ4v) is 8.89. The van der Waals surface area contributed by atoms with Crippen LogP contribution in [-0.4, -0.2) is 27.6 Å². The first-order valence-electron chi connectivity index (χ1n) is 21.1. The summed E-state index contributed by atoms with van der Waals surface area (Å²) in [6.45, 7) is 13.3. The summed E-state index contributed by atoms with van der Waals surface area (Å²) in [6.07, 6.45) is 1.77. The van der Waals surface area contributed by atoms with Gasteiger partial charge in [0.1, 0.15) is 0 Å². The average Bonchev–Trinajstić information content (AvgIpc) is 3.82. The monoisotopic (exact) mass is 956 g/mol. The molecule has 58 heavy (non-hydrogen) atoms. The van der Waals surface area contributed by atoms with Gasteiger partial charge >= 0.3 is 0 Å². The van der Waals surface area contributed by atoms with Crippen LogP contribution < -0.4 is 5.19 Å². The first-order valence-corrected chi connectivity index (χ1v) is 23.1. The molecule has 0 unspecified atom stereocenters. The first-order chi connectivity index (χ1) is 28.7. The van der Waals surface area contributed by atoms with Crippen LogP contribution in [0.2, 0.25) is 19.6 Å². The van der Waals surface area contributed by atoms with Crippen LogP contribution in [0.25, 0.3) is 72.6 Å². The molecule has 7 heteroatoms. The van der Waals surface area contributed by atoms with Gasteiger partial charge in [0.15, 0.2) is 0 Å². The SMILES string of the molecule is CC(C)c1cc(-c2ccccc2)cc(C(C)C)c1-n1c(-c2[c-]ccc3c2oc2ncccc23)nc2ccccc21.[2H]C([2H])([2H])c1nc(-c2[c-]cccc2)ccc1[Si](C)(C)C.[Ir]. The van der Waals surface area contributed by atoms with Gasteiger partial charge in [-0.1, -0.05) is 113 Å². The summed E-state index contributed by atoms with van der Waals surface area (Å²) in [6, 6.07) is 49.6. The van der Waals surface area contributed by atoms with Gasteiger partial charge in [-0.25, -0.2) is 4.98 Å². The van der Waals surface area contributed by atoms with Gasteiger partial charge in [0.2, 0.25) is 5.71 Å². The van der Waals surface area contributed by atoms with Gasteiger partial charge in [0.05, 0.1) is 30.5 Å². The van der Waals surface area contributed by atoms with Gasteiger partial charge in [-0.2, -0.15) is 0 Å². The second kappa shape index (κ2) is 16.8. The van der Waals surface area contributed by atoms with Gasteiger partial charge < -0.3 is 14.0 Å². The largest absolute Gasteiger partial charge is 0.486 e. The zero-order chi connectivity index (χ0) is 42.3. The molecule has 4 heterocycles. The van der Waals surface area contributed by atoms with Gasteiger partial charge in [0, 0.05) is 47.2 Å². The fraction of sp³-hybridized carbons (Fsp3) is 0.196. The molecule has 0 aliphatic rings. The molecule has 293 valence electrons. The Bertz CT molecular complexity index is 2940. The Morgan fingerprint density at radius 3 is 2.12 bits per heavy atom. The van der Waals surface area contributed by atoms with Crippen molar-refractivity contribution in [1.82, 2.24) is 19.5 Å².